The molecule has 0 radical (unpaired) electrons. The molecular weight excluding hydrogens is 400 g/mol. The van der Waals surface area contributed by atoms with E-state index < -0.39 is 5.60 Å². The van der Waals surface area contributed by atoms with E-state index in [1.54, 1.807) is 17.1 Å². The van der Waals surface area contributed by atoms with Crippen LogP contribution in [0.2, 0.25) is 0 Å². The van der Waals surface area contributed by atoms with E-state index in [1.807, 2.05) is 13.0 Å². The minimum Gasteiger partial charge on any atom is -0.390 e. The Labute approximate surface area is 190 Å². The smallest absolute Gasteiger partial charge is 0.157 e. The van der Waals surface area contributed by atoms with E-state index in [0.717, 1.165) is 48.0 Å². The Morgan fingerprint density at radius 2 is 1.94 bits per heavy atom. The summed E-state index contributed by atoms with van der Waals surface area (Å²) in [5.74, 6) is 4.23. The molecular formula is C26H36N4O2. The highest BCUT2D eigenvalue weighted by Gasteiger charge is 2.58. The van der Waals surface area contributed by atoms with Crippen molar-refractivity contribution in [3.8, 4) is 0 Å². The van der Waals surface area contributed by atoms with E-state index in [1.165, 1.54) is 38.5 Å². The standard InChI is InChI=1S/C26H36N4O2/c1-25(32)10-7-17-16(13-25)3-4-19-18(17)8-11-26(2)20(19)5-6-21(26)24(31)15-30-23-9-12-27-14-22(23)28-29-30/h9,12,14,16-21,32H,3-8,10-11,13,15H2,1-2H3/t16-,17+,18-,19-,20+,21-,25-,26+/m1/s1. The highest BCUT2D eigenvalue weighted by Crippen LogP contribution is 2.64. The van der Waals surface area contributed by atoms with Crippen molar-refractivity contribution in [3.05, 3.63) is 18.5 Å². The van der Waals surface area contributed by atoms with Gasteiger partial charge >= 0.3 is 0 Å². The van der Waals surface area contributed by atoms with Crippen LogP contribution in [0.15, 0.2) is 18.5 Å². The number of carbonyl (C=O) groups excluding carboxylic acids is 1. The molecule has 6 heteroatoms. The van der Waals surface area contributed by atoms with E-state index in [9.17, 15) is 9.90 Å². The molecule has 4 saturated carbocycles. The lowest BCUT2D eigenvalue weighted by molar-refractivity contribution is -0.133. The zero-order chi connectivity index (χ0) is 22.1. The fourth-order valence-corrected chi connectivity index (χ4v) is 8.81. The molecule has 2 heterocycles. The molecule has 4 fully saturated rings. The van der Waals surface area contributed by atoms with E-state index in [4.69, 9.17) is 0 Å². The van der Waals surface area contributed by atoms with Gasteiger partial charge in [-0.05, 0) is 106 Å². The number of pyridine rings is 1. The van der Waals surface area contributed by atoms with Gasteiger partial charge in [0.25, 0.3) is 0 Å². The largest absolute Gasteiger partial charge is 0.390 e. The molecule has 0 bridgehead atoms. The summed E-state index contributed by atoms with van der Waals surface area (Å²) < 4.78 is 1.76. The summed E-state index contributed by atoms with van der Waals surface area (Å²) in [4.78, 5) is 17.7. The van der Waals surface area contributed by atoms with Gasteiger partial charge in [0.1, 0.15) is 12.1 Å². The van der Waals surface area contributed by atoms with Crippen LogP contribution in [0.1, 0.15) is 71.6 Å². The number of Topliss-reactive ketones (excluding diaryl/α,β-unsaturated/α-hetero) is 1. The van der Waals surface area contributed by atoms with Crippen molar-refractivity contribution < 1.29 is 9.90 Å². The second-order valence-corrected chi connectivity index (χ2v) is 11.9. The Balaban J connectivity index is 1.20. The summed E-state index contributed by atoms with van der Waals surface area (Å²) >= 11 is 0. The lowest BCUT2D eigenvalue weighted by atomic mass is 9.49. The average Bonchev–Trinajstić information content (AvgIpc) is 3.33. The number of hydrogen-bond donors (Lipinski definition) is 1. The van der Waals surface area contributed by atoms with Gasteiger partial charge < -0.3 is 5.11 Å². The first-order valence-electron chi connectivity index (χ1n) is 12.7. The molecule has 0 spiro atoms. The van der Waals surface area contributed by atoms with Crippen LogP contribution in [0.3, 0.4) is 0 Å². The van der Waals surface area contributed by atoms with E-state index in [-0.39, 0.29) is 11.3 Å². The maximum Gasteiger partial charge on any atom is 0.157 e. The summed E-state index contributed by atoms with van der Waals surface area (Å²) in [6.45, 7) is 4.78. The van der Waals surface area contributed by atoms with Gasteiger partial charge in [0.15, 0.2) is 5.78 Å². The SMILES string of the molecule is C[C@@]1(O)CC[C@H]2[C@H](CC[C@@H]3[C@@H]2CC[C@]2(C)[C@@H](C(=O)Cn4nnc5cnccc54)CC[C@@H]32)C1. The van der Waals surface area contributed by atoms with Crippen LogP contribution in [-0.2, 0) is 11.3 Å². The van der Waals surface area contributed by atoms with Gasteiger partial charge in [-0.2, -0.15) is 0 Å². The quantitative estimate of drug-likeness (QED) is 0.771. The van der Waals surface area contributed by atoms with Crippen molar-refractivity contribution in [2.45, 2.75) is 83.8 Å². The molecule has 32 heavy (non-hydrogen) atoms. The van der Waals surface area contributed by atoms with Crippen molar-refractivity contribution in [3.63, 3.8) is 0 Å². The summed E-state index contributed by atoms with van der Waals surface area (Å²) in [5.41, 5.74) is 1.31. The van der Waals surface area contributed by atoms with Crippen molar-refractivity contribution in [2.75, 3.05) is 0 Å². The van der Waals surface area contributed by atoms with Crippen LogP contribution in [0, 0.1) is 40.9 Å². The molecule has 0 aliphatic heterocycles. The first kappa shape index (κ1) is 20.8. The van der Waals surface area contributed by atoms with Crippen molar-refractivity contribution >= 4 is 16.8 Å². The van der Waals surface area contributed by atoms with Crippen LogP contribution in [0.25, 0.3) is 11.0 Å². The molecule has 2 aromatic heterocycles. The lowest BCUT2D eigenvalue weighted by Crippen LogP contribution is -2.51. The molecule has 0 unspecified atom stereocenters. The van der Waals surface area contributed by atoms with Gasteiger partial charge in [0.05, 0.1) is 17.3 Å². The maximum atomic E-state index is 13.5. The highest BCUT2D eigenvalue weighted by molar-refractivity contribution is 5.84. The molecule has 6 rings (SSSR count). The van der Waals surface area contributed by atoms with Gasteiger partial charge in [0, 0.05) is 12.1 Å². The van der Waals surface area contributed by atoms with Gasteiger partial charge in [0.2, 0.25) is 0 Å². The Morgan fingerprint density at radius 1 is 1.09 bits per heavy atom. The number of aromatic nitrogens is 4. The number of aliphatic hydroxyl groups is 1. The molecule has 4 aliphatic rings. The predicted octanol–water partition coefficient (Wildman–Crippen LogP) is 4.42. The van der Waals surface area contributed by atoms with Crippen molar-refractivity contribution in [2.24, 2.45) is 40.9 Å². The molecule has 1 N–H and O–H groups in total. The summed E-state index contributed by atoms with van der Waals surface area (Å²) in [5, 5.41) is 19.0. The van der Waals surface area contributed by atoms with Gasteiger partial charge in [-0.1, -0.05) is 12.1 Å². The fraction of sp³-hybridized carbons (Fsp3) is 0.769. The predicted molar refractivity (Wildman–Crippen MR) is 122 cm³/mol. The summed E-state index contributed by atoms with van der Waals surface area (Å²) in [7, 11) is 0. The summed E-state index contributed by atoms with van der Waals surface area (Å²) in [6, 6.07) is 1.90. The molecule has 8 atom stereocenters. The maximum absolute atomic E-state index is 13.5. The lowest BCUT2D eigenvalue weighted by Gasteiger charge is -2.56. The number of hydrogen-bond acceptors (Lipinski definition) is 5. The molecule has 2 aromatic rings. The third-order valence-corrected chi connectivity index (χ3v) is 10.2. The number of carbonyl (C=O) groups is 1. The second kappa shape index (κ2) is 7.34. The first-order chi connectivity index (χ1) is 15.4. The average molecular weight is 437 g/mol. The third kappa shape index (κ3) is 3.16. The van der Waals surface area contributed by atoms with E-state index >= 15 is 0 Å². The number of ketones is 1. The number of nitrogens with zero attached hydrogens (tertiary/aromatic N) is 4. The van der Waals surface area contributed by atoms with Crippen LogP contribution in [0.4, 0.5) is 0 Å². The van der Waals surface area contributed by atoms with Crippen LogP contribution >= 0.6 is 0 Å². The zero-order valence-corrected chi connectivity index (χ0v) is 19.4. The van der Waals surface area contributed by atoms with Crippen molar-refractivity contribution in [1.82, 2.24) is 20.0 Å². The normalized spacial score (nSPS) is 43.5. The Bertz CT molecular complexity index is 1030. The van der Waals surface area contributed by atoms with E-state index in [2.05, 4.69) is 22.2 Å². The Kier molecular flexibility index (Phi) is 4.76. The topological polar surface area (TPSA) is 80.9 Å². The monoisotopic (exact) mass is 436 g/mol. The molecule has 4 aliphatic carbocycles. The van der Waals surface area contributed by atoms with Gasteiger partial charge in [-0.3, -0.25) is 9.78 Å². The molecule has 0 amide bonds. The summed E-state index contributed by atoms with van der Waals surface area (Å²) in [6.07, 6.45) is 13.8. The third-order valence-electron chi connectivity index (χ3n) is 10.2. The van der Waals surface area contributed by atoms with Crippen LogP contribution in [0.5, 0.6) is 0 Å². The van der Waals surface area contributed by atoms with Crippen molar-refractivity contribution in [1.29, 1.82) is 0 Å². The molecule has 0 saturated heterocycles. The van der Waals surface area contributed by atoms with Crippen LogP contribution in [-0.4, -0.2) is 36.5 Å². The number of fused-ring (bicyclic) bond motifs is 6. The molecule has 6 nitrogen and oxygen atoms in total. The zero-order valence-electron chi connectivity index (χ0n) is 19.4. The molecule has 0 aromatic carbocycles. The molecule has 172 valence electrons. The minimum absolute atomic E-state index is 0.128. The fourth-order valence-electron chi connectivity index (χ4n) is 8.81. The van der Waals surface area contributed by atoms with Gasteiger partial charge in [-0.25, -0.2) is 4.68 Å². The second-order valence-electron chi connectivity index (χ2n) is 11.9. The number of rotatable bonds is 3. The van der Waals surface area contributed by atoms with E-state index in [0.29, 0.717) is 24.2 Å². The van der Waals surface area contributed by atoms with Gasteiger partial charge in [-0.15, -0.1) is 5.10 Å². The van der Waals surface area contributed by atoms with Crippen LogP contribution < -0.4 is 0 Å². The highest BCUT2D eigenvalue weighted by atomic mass is 16.3. The minimum atomic E-state index is -0.455. The Morgan fingerprint density at radius 3 is 2.81 bits per heavy atom. The Hall–Kier alpha value is -1.82. The first-order valence-corrected chi connectivity index (χ1v) is 12.7.